The molecule has 0 saturated heterocycles. The van der Waals surface area contributed by atoms with Gasteiger partial charge < -0.3 is 4.74 Å². The van der Waals surface area contributed by atoms with E-state index in [0.717, 1.165) is 12.0 Å². The Kier molecular flexibility index (Phi) is 3.30. The first-order valence-electron chi connectivity index (χ1n) is 5.19. The third-order valence-corrected chi connectivity index (χ3v) is 2.46. The van der Waals surface area contributed by atoms with Crippen LogP contribution in [0.3, 0.4) is 0 Å². The minimum Gasteiger partial charge on any atom is -0.373 e. The lowest BCUT2D eigenvalue weighted by Gasteiger charge is -2.17. The number of hydrogen-bond acceptors (Lipinski definition) is 2. The highest BCUT2D eigenvalue weighted by Crippen LogP contribution is 2.14. The van der Waals surface area contributed by atoms with E-state index in [1.807, 2.05) is 36.4 Å². The van der Waals surface area contributed by atoms with Gasteiger partial charge in [-0.05, 0) is 18.1 Å². The molecule has 0 aromatic heterocycles. The lowest BCUT2D eigenvalue weighted by molar-refractivity contribution is -0.118. The Balaban J connectivity index is 1.84. The van der Waals surface area contributed by atoms with Crippen molar-refractivity contribution in [1.82, 2.24) is 0 Å². The molecule has 1 atom stereocenters. The van der Waals surface area contributed by atoms with E-state index in [1.165, 1.54) is 0 Å². The molecule has 0 bridgehead atoms. The zero-order valence-electron chi connectivity index (χ0n) is 8.56. The van der Waals surface area contributed by atoms with Crippen LogP contribution in [0.1, 0.15) is 18.4 Å². The molecule has 2 nitrogen and oxygen atoms in total. The van der Waals surface area contributed by atoms with Gasteiger partial charge in [0.25, 0.3) is 0 Å². The average molecular weight is 202 g/mol. The van der Waals surface area contributed by atoms with E-state index in [0.29, 0.717) is 13.0 Å². The average Bonchev–Trinajstić information content (AvgIpc) is 2.28. The molecule has 1 aromatic carbocycles. The summed E-state index contributed by atoms with van der Waals surface area (Å²) in [6.07, 6.45) is 4.95. The number of rotatable bonds is 3. The van der Waals surface area contributed by atoms with Crippen molar-refractivity contribution >= 4 is 5.78 Å². The first kappa shape index (κ1) is 10.1. The molecule has 78 valence electrons. The van der Waals surface area contributed by atoms with Crippen molar-refractivity contribution in [2.24, 2.45) is 0 Å². The monoisotopic (exact) mass is 202 g/mol. The zero-order chi connectivity index (χ0) is 10.5. The van der Waals surface area contributed by atoms with Gasteiger partial charge in [-0.15, -0.1) is 0 Å². The summed E-state index contributed by atoms with van der Waals surface area (Å²) in [7, 11) is 0. The number of carbonyl (C=O) groups excluding carboxylic acids is 1. The molecule has 15 heavy (non-hydrogen) atoms. The molecule has 0 radical (unpaired) electrons. The van der Waals surface area contributed by atoms with Crippen molar-refractivity contribution in [2.75, 3.05) is 0 Å². The SMILES string of the molecule is O=C1C=CC[C@H](OCc2ccccc2)C1. The molecule has 0 fully saturated rings. The van der Waals surface area contributed by atoms with E-state index in [9.17, 15) is 4.79 Å². The Morgan fingerprint density at radius 3 is 2.80 bits per heavy atom. The normalized spacial score (nSPS) is 20.5. The maximum atomic E-state index is 11.1. The third-order valence-electron chi connectivity index (χ3n) is 2.46. The van der Waals surface area contributed by atoms with Gasteiger partial charge in [-0.25, -0.2) is 0 Å². The maximum absolute atomic E-state index is 11.1. The minimum atomic E-state index is 0.0581. The summed E-state index contributed by atoms with van der Waals surface area (Å²) < 4.78 is 5.67. The summed E-state index contributed by atoms with van der Waals surface area (Å²) in [5, 5.41) is 0. The molecular formula is C13H14O2. The van der Waals surface area contributed by atoms with Gasteiger partial charge in [-0.3, -0.25) is 4.79 Å². The highest BCUT2D eigenvalue weighted by atomic mass is 16.5. The van der Waals surface area contributed by atoms with E-state index in [4.69, 9.17) is 4.74 Å². The Bertz CT molecular complexity index is 354. The van der Waals surface area contributed by atoms with Crippen LogP contribution >= 0.6 is 0 Å². The van der Waals surface area contributed by atoms with Crippen molar-refractivity contribution in [2.45, 2.75) is 25.6 Å². The smallest absolute Gasteiger partial charge is 0.157 e. The standard InChI is InChI=1S/C13H14O2/c14-12-7-4-8-13(9-12)15-10-11-5-2-1-3-6-11/h1-7,13H,8-10H2/t13-/m0/s1. The van der Waals surface area contributed by atoms with Crippen molar-refractivity contribution in [1.29, 1.82) is 0 Å². The molecule has 0 aliphatic heterocycles. The van der Waals surface area contributed by atoms with Crippen molar-refractivity contribution < 1.29 is 9.53 Å². The summed E-state index contributed by atoms with van der Waals surface area (Å²) in [6.45, 7) is 0.590. The number of hydrogen-bond donors (Lipinski definition) is 0. The molecule has 0 saturated carbocycles. The predicted octanol–water partition coefficient (Wildman–Crippen LogP) is 2.49. The van der Waals surface area contributed by atoms with Crippen LogP contribution in [-0.2, 0) is 16.1 Å². The second-order valence-corrected chi connectivity index (χ2v) is 3.73. The van der Waals surface area contributed by atoms with Crippen LogP contribution in [-0.4, -0.2) is 11.9 Å². The van der Waals surface area contributed by atoms with E-state index in [1.54, 1.807) is 6.08 Å². The molecule has 0 unspecified atom stereocenters. The zero-order valence-corrected chi connectivity index (χ0v) is 8.56. The van der Waals surface area contributed by atoms with Gasteiger partial charge in [-0.1, -0.05) is 36.4 Å². The van der Waals surface area contributed by atoms with E-state index < -0.39 is 0 Å². The van der Waals surface area contributed by atoms with Crippen molar-refractivity contribution in [3.05, 3.63) is 48.0 Å². The van der Waals surface area contributed by atoms with Gasteiger partial charge in [0.2, 0.25) is 0 Å². The molecule has 0 heterocycles. The number of carbonyl (C=O) groups is 1. The van der Waals surface area contributed by atoms with Crippen molar-refractivity contribution in [3.63, 3.8) is 0 Å². The predicted molar refractivity (Wildman–Crippen MR) is 58.4 cm³/mol. The highest BCUT2D eigenvalue weighted by molar-refractivity contribution is 5.90. The number of ether oxygens (including phenoxy) is 1. The first-order valence-corrected chi connectivity index (χ1v) is 5.19. The topological polar surface area (TPSA) is 26.3 Å². The second kappa shape index (κ2) is 4.89. The van der Waals surface area contributed by atoms with Crippen LogP contribution in [0.4, 0.5) is 0 Å². The molecule has 0 N–H and O–H groups in total. The van der Waals surface area contributed by atoms with Crippen LogP contribution < -0.4 is 0 Å². The van der Waals surface area contributed by atoms with Gasteiger partial charge in [0.05, 0.1) is 12.7 Å². The summed E-state index contributed by atoms with van der Waals surface area (Å²) in [5.41, 5.74) is 1.15. The fourth-order valence-electron chi connectivity index (χ4n) is 1.64. The second-order valence-electron chi connectivity index (χ2n) is 3.73. The van der Waals surface area contributed by atoms with Crippen LogP contribution in [0.15, 0.2) is 42.5 Å². The molecular weight excluding hydrogens is 188 g/mol. The Labute approximate surface area is 89.6 Å². The minimum absolute atomic E-state index is 0.0581. The number of benzene rings is 1. The maximum Gasteiger partial charge on any atom is 0.157 e. The molecule has 0 spiro atoms. The summed E-state index contributed by atoms with van der Waals surface area (Å²) in [4.78, 5) is 11.1. The van der Waals surface area contributed by atoms with Crippen LogP contribution in [0.2, 0.25) is 0 Å². The van der Waals surface area contributed by atoms with Gasteiger partial charge >= 0.3 is 0 Å². The highest BCUT2D eigenvalue weighted by Gasteiger charge is 2.15. The number of ketones is 1. The van der Waals surface area contributed by atoms with Crippen molar-refractivity contribution in [3.8, 4) is 0 Å². The summed E-state index contributed by atoms with van der Waals surface area (Å²) >= 11 is 0. The first-order chi connectivity index (χ1) is 7.34. The fraction of sp³-hybridized carbons (Fsp3) is 0.308. The molecule has 2 rings (SSSR count). The molecule has 2 heteroatoms. The van der Waals surface area contributed by atoms with Gasteiger partial charge in [-0.2, -0.15) is 0 Å². The molecule has 1 aromatic rings. The van der Waals surface area contributed by atoms with Crippen LogP contribution in [0.5, 0.6) is 0 Å². The lowest BCUT2D eigenvalue weighted by atomic mass is 10.0. The third kappa shape index (κ3) is 3.03. The molecule has 0 amide bonds. The van der Waals surface area contributed by atoms with Crippen LogP contribution in [0.25, 0.3) is 0 Å². The van der Waals surface area contributed by atoms with Gasteiger partial charge in [0, 0.05) is 6.42 Å². The van der Waals surface area contributed by atoms with Gasteiger partial charge in [0.15, 0.2) is 5.78 Å². The number of allylic oxidation sites excluding steroid dienone is 1. The van der Waals surface area contributed by atoms with Crippen LogP contribution in [0, 0.1) is 0 Å². The van der Waals surface area contributed by atoms with E-state index >= 15 is 0 Å². The quantitative estimate of drug-likeness (QED) is 0.752. The Morgan fingerprint density at radius 2 is 2.07 bits per heavy atom. The lowest BCUT2D eigenvalue weighted by Crippen LogP contribution is -2.19. The Hall–Kier alpha value is -1.41. The fourth-order valence-corrected chi connectivity index (χ4v) is 1.64. The summed E-state index contributed by atoms with van der Waals surface area (Å²) in [5.74, 6) is 0.166. The van der Waals surface area contributed by atoms with Gasteiger partial charge in [0.1, 0.15) is 0 Å². The van der Waals surface area contributed by atoms with E-state index in [-0.39, 0.29) is 11.9 Å². The molecule has 1 aliphatic carbocycles. The molecule has 1 aliphatic rings. The largest absolute Gasteiger partial charge is 0.373 e. The Morgan fingerprint density at radius 1 is 1.27 bits per heavy atom. The van der Waals surface area contributed by atoms with E-state index in [2.05, 4.69) is 0 Å². The summed E-state index contributed by atoms with van der Waals surface area (Å²) in [6, 6.07) is 10.0.